The number of fused-ring (bicyclic) bond motifs is 1. The topological polar surface area (TPSA) is 41.6 Å². The third-order valence-corrected chi connectivity index (χ3v) is 4.07. The number of carbonyl (C=O) groups is 1. The minimum atomic E-state index is -0.0339. The Morgan fingerprint density at radius 3 is 2.65 bits per heavy atom. The zero-order valence-electron chi connectivity index (χ0n) is 13.4. The lowest BCUT2D eigenvalue weighted by Crippen LogP contribution is -2.38. The molecule has 1 heterocycles. The van der Waals surface area contributed by atoms with Gasteiger partial charge in [0.15, 0.2) is 0 Å². The van der Waals surface area contributed by atoms with Crippen LogP contribution in [0.5, 0.6) is 0 Å². The van der Waals surface area contributed by atoms with Crippen molar-refractivity contribution < 1.29 is 9.53 Å². The van der Waals surface area contributed by atoms with E-state index in [1.807, 2.05) is 54.3 Å². The lowest BCUT2D eigenvalue weighted by molar-refractivity contribution is 0.134. The van der Waals surface area contributed by atoms with Crippen LogP contribution in [0.3, 0.4) is 0 Å². The quantitative estimate of drug-likeness (QED) is 0.918. The van der Waals surface area contributed by atoms with Gasteiger partial charge < -0.3 is 10.1 Å². The van der Waals surface area contributed by atoms with E-state index in [0.717, 1.165) is 36.4 Å². The van der Waals surface area contributed by atoms with Gasteiger partial charge in [0, 0.05) is 25.4 Å². The molecule has 0 aliphatic carbocycles. The molecule has 0 saturated heterocycles. The van der Waals surface area contributed by atoms with Crippen molar-refractivity contribution in [2.45, 2.75) is 26.5 Å². The predicted molar refractivity (Wildman–Crippen MR) is 91.5 cm³/mol. The van der Waals surface area contributed by atoms with Crippen LogP contribution in [0.2, 0.25) is 0 Å². The third kappa shape index (κ3) is 3.71. The summed E-state index contributed by atoms with van der Waals surface area (Å²) in [7, 11) is 0. The summed E-state index contributed by atoms with van der Waals surface area (Å²) in [6, 6.07) is 16.2. The molecular weight excluding hydrogens is 288 g/mol. The second-order valence-electron chi connectivity index (χ2n) is 5.64. The largest absolute Gasteiger partial charge is 0.377 e. The minimum Gasteiger partial charge on any atom is -0.377 e. The molecule has 1 aliphatic heterocycles. The highest BCUT2D eigenvalue weighted by Crippen LogP contribution is 2.27. The first-order chi connectivity index (χ1) is 11.3. The minimum absolute atomic E-state index is 0.0339. The molecule has 0 spiro atoms. The molecule has 2 aromatic carbocycles. The molecule has 1 N–H and O–H groups in total. The molecular formula is C19H22N2O2. The van der Waals surface area contributed by atoms with E-state index in [0.29, 0.717) is 13.2 Å². The maximum absolute atomic E-state index is 12.4. The Hall–Kier alpha value is -2.33. The van der Waals surface area contributed by atoms with Crippen molar-refractivity contribution in [3.05, 3.63) is 65.2 Å². The molecule has 0 fully saturated rings. The Bertz CT molecular complexity index is 667. The Balaban J connectivity index is 1.55. The fraction of sp³-hybridized carbons (Fsp3) is 0.316. The van der Waals surface area contributed by atoms with Gasteiger partial charge in [-0.25, -0.2) is 4.79 Å². The van der Waals surface area contributed by atoms with Crippen molar-refractivity contribution in [1.82, 2.24) is 5.32 Å². The molecule has 23 heavy (non-hydrogen) atoms. The van der Waals surface area contributed by atoms with Gasteiger partial charge in [0.1, 0.15) is 0 Å². The van der Waals surface area contributed by atoms with E-state index >= 15 is 0 Å². The highest BCUT2D eigenvalue weighted by molar-refractivity contribution is 5.94. The number of hydrogen-bond acceptors (Lipinski definition) is 2. The summed E-state index contributed by atoms with van der Waals surface area (Å²) >= 11 is 0. The average Bonchev–Trinajstić information content (AvgIpc) is 3.03. The Morgan fingerprint density at radius 1 is 1.13 bits per heavy atom. The van der Waals surface area contributed by atoms with Gasteiger partial charge in [-0.15, -0.1) is 0 Å². The molecule has 2 aromatic rings. The average molecular weight is 310 g/mol. The molecule has 1 aliphatic rings. The maximum Gasteiger partial charge on any atom is 0.322 e. The zero-order chi connectivity index (χ0) is 16.1. The van der Waals surface area contributed by atoms with E-state index in [-0.39, 0.29) is 6.03 Å². The first-order valence-corrected chi connectivity index (χ1v) is 8.06. The summed E-state index contributed by atoms with van der Waals surface area (Å²) in [6.45, 7) is 4.62. The molecule has 0 saturated carbocycles. The first kappa shape index (κ1) is 15.6. The number of anilines is 1. The van der Waals surface area contributed by atoms with Crippen LogP contribution in [-0.4, -0.2) is 19.2 Å². The smallest absolute Gasteiger partial charge is 0.322 e. The Labute approximate surface area is 137 Å². The standard InChI is InChI=1S/C19H22N2O2/c1-2-23-14-16-9-7-15(8-10-16)13-20-19(22)21-12-11-17-5-3-4-6-18(17)21/h3-10H,2,11-14H2,1H3,(H,20,22). The van der Waals surface area contributed by atoms with E-state index in [1.54, 1.807) is 0 Å². The van der Waals surface area contributed by atoms with Crippen LogP contribution in [-0.2, 0) is 24.3 Å². The maximum atomic E-state index is 12.4. The van der Waals surface area contributed by atoms with Crippen LogP contribution in [0.4, 0.5) is 10.5 Å². The fourth-order valence-corrected chi connectivity index (χ4v) is 2.80. The van der Waals surface area contributed by atoms with E-state index in [9.17, 15) is 4.79 Å². The predicted octanol–water partition coefficient (Wildman–Crippen LogP) is 3.50. The molecule has 2 amide bonds. The number of carbonyl (C=O) groups excluding carboxylic acids is 1. The Morgan fingerprint density at radius 2 is 1.87 bits per heavy atom. The number of hydrogen-bond donors (Lipinski definition) is 1. The van der Waals surface area contributed by atoms with Crippen LogP contribution in [0, 0.1) is 0 Å². The van der Waals surface area contributed by atoms with Crippen molar-refractivity contribution in [3.63, 3.8) is 0 Å². The van der Waals surface area contributed by atoms with Gasteiger partial charge in [0.25, 0.3) is 0 Å². The number of nitrogens with zero attached hydrogens (tertiary/aromatic N) is 1. The van der Waals surface area contributed by atoms with Crippen molar-refractivity contribution in [2.75, 3.05) is 18.1 Å². The van der Waals surface area contributed by atoms with Crippen molar-refractivity contribution in [1.29, 1.82) is 0 Å². The number of para-hydroxylation sites is 1. The fourth-order valence-electron chi connectivity index (χ4n) is 2.80. The summed E-state index contributed by atoms with van der Waals surface area (Å²) < 4.78 is 5.38. The summed E-state index contributed by atoms with van der Waals surface area (Å²) in [6.07, 6.45) is 0.926. The Kier molecular flexibility index (Phi) is 4.93. The highest BCUT2D eigenvalue weighted by atomic mass is 16.5. The molecule has 4 heteroatoms. The normalized spacial score (nSPS) is 13.0. The molecule has 0 radical (unpaired) electrons. The van der Waals surface area contributed by atoms with Gasteiger partial charge in [-0.2, -0.15) is 0 Å². The van der Waals surface area contributed by atoms with E-state index < -0.39 is 0 Å². The number of ether oxygens (including phenoxy) is 1. The van der Waals surface area contributed by atoms with Crippen LogP contribution in [0.1, 0.15) is 23.6 Å². The van der Waals surface area contributed by atoms with Crippen LogP contribution in [0.25, 0.3) is 0 Å². The summed E-state index contributed by atoms with van der Waals surface area (Å²) in [5, 5.41) is 3.00. The van der Waals surface area contributed by atoms with Crippen molar-refractivity contribution >= 4 is 11.7 Å². The van der Waals surface area contributed by atoms with E-state index in [1.165, 1.54) is 5.56 Å². The lowest BCUT2D eigenvalue weighted by atomic mass is 10.1. The van der Waals surface area contributed by atoms with E-state index in [2.05, 4.69) is 11.4 Å². The second-order valence-corrected chi connectivity index (χ2v) is 5.64. The van der Waals surface area contributed by atoms with Gasteiger partial charge >= 0.3 is 6.03 Å². The molecule has 4 nitrogen and oxygen atoms in total. The molecule has 3 rings (SSSR count). The number of benzene rings is 2. The van der Waals surface area contributed by atoms with E-state index in [4.69, 9.17) is 4.74 Å². The van der Waals surface area contributed by atoms with Gasteiger partial charge in [-0.3, -0.25) is 4.90 Å². The summed E-state index contributed by atoms with van der Waals surface area (Å²) in [4.78, 5) is 14.2. The number of amides is 2. The molecule has 0 aromatic heterocycles. The van der Waals surface area contributed by atoms with Gasteiger partial charge in [0.05, 0.1) is 6.61 Å². The zero-order valence-corrected chi connectivity index (χ0v) is 13.4. The van der Waals surface area contributed by atoms with Crippen LogP contribution in [0.15, 0.2) is 48.5 Å². The van der Waals surface area contributed by atoms with Crippen LogP contribution < -0.4 is 10.2 Å². The number of rotatable bonds is 5. The van der Waals surface area contributed by atoms with Gasteiger partial charge in [-0.05, 0) is 36.1 Å². The molecule has 0 unspecified atom stereocenters. The number of urea groups is 1. The van der Waals surface area contributed by atoms with Gasteiger partial charge in [0.2, 0.25) is 0 Å². The first-order valence-electron chi connectivity index (χ1n) is 8.06. The molecule has 120 valence electrons. The summed E-state index contributed by atoms with van der Waals surface area (Å²) in [5.74, 6) is 0. The lowest BCUT2D eigenvalue weighted by Gasteiger charge is -2.18. The molecule has 0 atom stereocenters. The molecule has 0 bridgehead atoms. The second kappa shape index (κ2) is 7.29. The highest BCUT2D eigenvalue weighted by Gasteiger charge is 2.23. The SMILES string of the molecule is CCOCc1ccc(CNC(=O)N2CCc3ccccc32)cc1. The number of nitrogens with one attached hydrogen (secondary N) is 1. The monoisotopic (exact) mass is 310 g/mol. The van der Waals surface area contributed by atoms with Crippen LogP contribution >= 0.6 is 0 Å². The third-order valence-electron chi connectivity index (χ3n) is 4.07. The van der Waals surface area contributed by atoms with Crippen molar-refractivity contribution in [2.24, 2.45) is 0 Å². The van der Waals surface area contributed by atoms with Crippen molar-refractivity contribution in [3.8, 4) is 0 Å². The van der Waals surface area contributed by atoms with Gasteiger partial charge in [-0.1, -0.05) is 42.5 Å². The summed E-state index contributed by atoms with van der Waals surface area (Å²) in [5.41, 5.74) is 4.50.